The third-order valence-corrected chi connectivity index (χ3v) is 4.87. The standard InChI is InChI=1S/C19H28N2O/c1-3-15-5-7-16(8-6-15)13-20(17-9-10-17)14-19(22)21(4-2)18-11-12-18/h5-8,17-18H,3-4,9-14H2,1-2H3. The van der Waals surface area contributed by atoms with Crippen molar-refractivity contribution in [1.82, 2.24) is 9.80 Å². The van der Waals surface area contributed by atoms with Crippen molar-refractivity contribution < 1.29 is 4.79 Å². The van der Waals surface area contributed by atoms with E-state index in [1.54, 1.807) is 0 Å². The van der Waals surface area contributed by atoms with Crippen molar-refractivity contribution in [3.8, 4) is 0 Å². The van der Waals surface area contributed by atoms with Gasteiger partial charge in [-0.25, -0.2) is 0 Å². The Labute approximate surface area is 134 Å². The normalized spacial score (nSPS) is 17.8. The van der Waals surface area contributed by atoms with E-state index in [1.807, 2.05) is 0 Å². The number of carbonyl (C=O) groups is 1. The summed E-state index contributed by atoms with van der Waals surface area (Å²) in [6.45, 7) is 6.63. The summed E-state index contributed by atoms with van der Waals surface area (Å²) in [6, 6.07) is 10.0. The molecule has 2 aliphatic carbocycles. The summed E-state index contributed by atoms with van der Waals surface area (Å²) in [6.07, 6.45) is 5.96. The minimum Gasteiger partial charge on any atom is -0.339 e. The Morgan fingerprint density at radius 2 is 1.59 bits per heavy atom. The maximum atomic E-state index is 12.6. The molecule has 3 nitrogen and oxygen atoms in total. The summed E-state index contributed by atoms with van der Waals surface area (Å²) in [5.41, 5.74) is 2.70. The molecule has 0 N–H and O–H groups in total. The van der Waals surface area contributed by atoms with Gasteiger partial charge in [0, 0.05) is 25.2 Å². The minimum atomic E-state index is 0.321. The lowest BCUT2D eigenvalue weighted by atomic mass is 10.1. The molecule has 3 rings (SSSR count). The Kier molecular flexibility index (Phi) is 4.82. The molecule has 0 radical (unpaired) electrons. The molecule has 0 heterocycles. The molecule has 22 heavy (non-hydrogen) atoms. The van der Waals surface area contributed by atoms with Crippen LogP contribution in [0.3, 0.4) is 0 Å². The van der Waals surface area contributed by atoms with Crippen LogP contribution in [0.25, 0.3) is 0 Å². The van der Waals surface area contributed by atoms with E-state index >= 15 is 0 Å². The molecule has 3 heteroatoms. The maximum Gasteiger partial charge on any atom is 0.237 e. The molecule has 0 unspecified atom stereocenters. The van der Waals surface area contributed by atoms with Crippen LogP contribution in [-0.4, -0.2) is 40.9 Å². The van der Waals surface area contributed by atoms with E-state index in [1.165, 1.54) is 36.8 Å². The zero-order chi connectivity index (χ0) is 15.5. The fourth-order valence-electron chi connectivity index (χ4n) is 3.16. The Balaban J connectivity index is 1.61. The van der Waals surface area contributed by atoms with Gasteiger partial charge in [0.05, 0.1) is 6.54 Å². The highest BCUT2D eigenvalue weighted by molar-refractivity contribution is 5.79. The zero-order valence-corrected chi connectivity index (χ0v) is 13.9. The second-order valence-corrected chi connectivity index (χ2v) is 6.72. The molecule has 0 aromatic heterocycles. The second-order valence-electron chi connectivity index (χ2n) is 6.72. The van der Waals surface area contributed by atoms with E-state index < -0.39 is 0 Å². The average Bonchev–Trinajstić information content (AvgIpc) is 3.39. The van der Waals surface area contributed by atoms with Gasteiger partial charge in [0.25, 0.3) is 0 Å². The minimum absolute atomic E-state index is 0.321. The van der Waals surface area contributed by atoms with Crippen molar-refractivity contribution in [3.63, 3.8) is 0 Å². The van der Waals surface area contributed by atoms with E-state index in [0.717, 1.165) is 19.5 Å². The number of hydrogen-bond donors (Lipinski definition) is 0. The first kappa shape index (κ1) is 15.5. The number of likely N-dealkylation sites (N-methyl/N-ethyl adjacent to an activating group) is 1. The topological polar surface area (TPSA) is 23.6 Å². The number of benzene rings is 1. The largest absolute Gasteiger partial charge is 0.339 e. The van der Waals surface area contributed by atoms with Crippen LogP contribution < -0.4 is 0 Å². The van der Waals surface area contributed by atoms with Gasteiger partial charge in [-0.2, -0.15) is 0 Å². The van der Waals surface area contributed by atoms with Gasteiger partial charge < -0.3 is 4.90 Å². The van der Waals surface area contributed by atoms with Crippen LogP contribution in [-0.2, 0) is 17.8 Å². The molecule has 2 fully saturated rings. The van der Waals surface area contributed by atoms with Gasteiger partial charge in [0.15, 0.2) is 0 Å². The molecule has 0 bridgehead atoms. The summed E-state index contributed by atoms with van der Waals surface area (Å²) in [5, 5.41) is 0. The summed E-state index contributed by atoms with van der Waals surface area (Å²) in [4.78, 5) is 17.0. The van der Waals surface area contributed by atoms with Crippen molar-refractivity contribution in [3.05, 3.63) is 35.4 Å². The molecule has 0 spiro atoms. The smallest absolute Gasteiger partial charge is 0.237 e. The number of nitrogens with zero attached hydrogens (tertiary/aromatic N) is 2. The predicted molar refractivity (Wildman–Crippen MR) is 89.7 cm³/mol. The molecule has 1 aromatic rings. The van der Waals surface area contributed by atoms with E-state index in [2.05, 4.69) is 47.9 Å². The predicted octanol–water partition coefficient (Wildman–Crippen LogP) is 3.22. The molecule has 0 atom stereocenters. The Morgan fingerprint density at radius 3 is 2.09 bits per heavy atom. The van der Waals surface area contributed by atoms with Gasteiger partial charge in [-0.05, 0) is 50.2 Å². The summed E-state index contributed by atoms with van der Waals surface area (Å²) in [7, 11) is 0. The second kappa shape index (κ2) is 6.82. The van der Waals surface area contributed by atoms with Crippen LogP contribution in [0, 0.1) is 0 Å². The molecule has 2 saturated carbocycles. The van der Waals surface area contributed by atoms with E-state index in [-0.39, 0.29) is 0 Å². The number of rotatable bonds is 8. The van der Waals surface area contributed by atoms with Crippen molar-refractivity contribution >= 4 is 5.91 Å². The van der Waals surface area contributed by atoms with Crippen LogP contribution in [0.15, 0.2) is 24.3 Å². The fraction of sp³-hybridized carbons (Fsp3) is 0.632. The molecule has 120 valence electrons. The van der Waals surface area contributed by atoms with Crippen LogP contribution in [0.1, 0.15) is 50.7 Å². The van der Waals surface area contributed by atoms with E-state index in [9.17, 15) is 4.79 Å². The van der Waals surface area contributed by atoms with Crippen LogP contribution in [0.5, 0.6) is 0 Å². The lowest BCUT2D eigenvalue weighted by molar-refractivity contribution is -0.133. The van der Waals surface area contributed by atoms with Crippen molar-refractivity contribution in [2.75, 3.05) is 13.1 Å². The van der Waals surface area contributed by atoms with Gasteiger partial charge in [-0.3, -0.25) is 9.69 Å². The highest BCUT2D eigenvalue weighted by Gasteiger charge is 2.35. The van der Waals surface area contributed by atoms with Crippen molar-refractivity contribution in [2.24, 2.45) is 0 Å². The van der Waals surface area contributed by atoms with Gasteiger partial charge >= 0.3 is 0 Å². The quantitative estimate of drug-likeness (QED) is 0.736. The van der Waals surface area contributed by atoms with Gasteiger partial charge in [0.1, 0.15) is 0 Å². The Bertz CT molecular complexity index is 503. The maximum absolute atomic E-state index is 12.6. The van der Waals surface area contributed by atoms with Crippen LogP contribution in [0.4, 0.5) is 0 Å². The molecule has 0 aliphatic heterocycles. The lowest BCUT2D eigenvalue weighted by Gasteiger charge is -2.27. The van der Waals surface area contributed by atoms with Gasteiger partial charge in [-0.1, -0.05) is 31.2 Å². The van der Waals surface area contributed by atoms with Crippen molar-refractivity contribution in [2.45, 2.75) is 64.6 Å². The average molecular weight is 300 g/mol. The molecule has 0 saturated heterocycles. The first-order chi connectivity index (χ1) is 10.7. The summed E-state index contributed by atoms with van der Waals surface area (Å²) >= 11 is 0. The van der Waals surface area contributed by atoms with Crippen LogP contribution in [0.2, 0.25) is 0 Å². The molecular weight excluding hydrogens is 272 g/mol. The number of amides is 1. The highest BCUT2D eigenvalue weighted by atomic mass is 16.2. The SMILES string of the molecule is CCc1ccc(CN(CC(=O)N(CC)C2CC2)C2CC2)cc1. The highest BCUT2D eigenvalue weighted by Crippen LogP contribution is 2.30. The first-order valence-corrected chi connectivity index (χ1v) is 8.82. The molecule has 1 aromatic carbocycles. The third kappa shape index (κ3) is 3.89. The van der Waals surface area contributed by atoms with Gasteiger partial charge in [-0.15, -0.1) is 0 Å². The molecule has 2 aliphatic rings. The number of aryl methyl sites for hydroxylation is 1. The van der Waals surface area contributed by atoms with E-state index in [4.69, 9.17) is 0 Å². The summed E-state index contributed by atoms with van der Waals surface area (Å²) < 4.78 is 0. The Morgan fingerprint density at radius 1 is 1.00 bits per heavy atom. The van der Waals surface area contributed by atoms with E-state index in [0.29, 0.717) is 24.5 Å². The lowest BCUT2D eigenvalue weighted by Crippen LogP contribution is -2.42. The first-order valence-electron chi connectivity index (χ1n) is 8.82. The monoisotopic (exact) mass is 300 g/mol. The van der Waals surface area contributed by atoms with Gasteiger partial charge in [0.2, 0.25) is 5.91 Å². The van der Waals surface area contributed by atoms with Crippen molar-refractivity contribution in [1.29, 1.82) is 0 Å². The summed E-state index contributed by atoms with van der Waals surface area (Å²) in [5.74, 6) is 0.321. The number of carbonyl (C=O) groups excluding carboxylic acids is 1. The van der Waals surface area contributed by atoms with Crippen LogP contribution >= 0.6 is 0 Å². The third-order valence-electron chi connectivity index (χ3n) is 4.87. The zero-order valence-electron chi connectivity index (χ0n) is 13.9. The molecule has 1 amide bonds. The number of hydrogen-bond acceptors (Lipinski definition) is 2. The molecular formula is C19H28N2O. The fourth-order valence-corrected chi connectivity index (χ4v) is 3.16. The Hall–Kier alpha value is -1.35.